The Hall–Kier alpha value is -2.64. The first kappa shape index (κ1) is 20.6. The molecule has 158 valence electrons. The second kappa shape index (κ2) is 9.02. The molecule has 6 nitrogen and oxygen atoms in total. The molecule has 0 aliphatic carbocycles. The van der Waals surface area contributed by atoms with Crippen LogP contribution >= 0.6 is 11.6 Å². The van der Waals surface area contributed by atoms with Gasteiger partial charge in [0.15, 0.2) is 0 Å². The number of hydrogen-bond acceptors (Lipinski definition) is 5. The van der Waals surface area contributed by atoms with Crippen LogP contribution in [-0.2, 0) is 9.47 Å². The Morgan fingerprint density at radius 1 is 1.23 bits per heavy atom. The smallest absolute Gasteiger partial charge is 0.414 e. The van der Waals surface area contributed by atoms with E-state index in [0.29, 0.717) is 55.8 Å². The number of benzene rings is 2. The Morgan fingerprint density at radius 2 is 2.03 bits per heavy atom. The van der Waals surface area contributed by atoms with E-state index in [1.165, 1.54) is 11.0 Å². The lowest BCUT2D eigenvalue weighted by molar-refractivity contribution is 0.122. The Balaban J connectivity index is 1.39. The maximum atomic E-state index is 14.7. The Bertz CT molecular complexity index is 963. The molecule has 0 saturated carbocycles. The van der Waals surface area contributed by atoms with E-state index in [2.05, 4.69) is 4.99 Å². The van der Waals surface area contributed by atoms with Gasteiger partial charge in [0.1, 0.15) is 11.9 Å². The summed E-state index contributed by atoms with van der Waals surface area (Å²) in [4.78, 5) is 20.0. The lowest BCUT2D eigenvalue weighted by Gasteiger charge is -2.29. The molecule has 2 heterocycles. The number of rotatable bonds is 5. The number of halogens is 2. The molecule has 1 atom stereocenters. The van der Waals surface area contributed by atoms with Crippen LogP contribution in [0, 0.1) is 12.7 Å². The van der Waals surface area contributed by atoms with Crippen molar-refractivity contribution in [3.63, 3.8) is 0 Å². The fourth-order valence-corrected chi connectivity index (χ4v) is 3.84. The molecule has 2 aromatic rings. The zero-order valence-corrected chi connectivity index (χ0v) is 17.4. The van der Waals surface area contributed by atoms with Crippen LogP contribution in [0.25, 0.3) is 0 Å². The molecular formula is C22H23ClFN3O3. The fraction of sp³-hybridized carbons (Fsp3) is 0.364. The third-order valence-corrected chi connectivity index (χ3v) is 5.49. The highest BCUT2D eigenvalue weighted by Gasteiger charge is 2.32. The minimum absolute atomic E-state index is 0.306. The molecule has 0 N–H and O–H groups in total. The van der Waals surface area contributed by atoms with Crippen molar-refractivity contribution in [3.05, 3.63) is 58.4 Å². The molecule has 0 aromatic heterocycles. The summed E-state index contributed by atoms with van der Waals surface area (Å²) in [5.41, 5.74) is 2.88. The SMILES string of the molecule is Cc1ccc(C=NCC2CN(c3ccc(N4CCOCC4)c(F)c3)C(=O)O2)c(Cl)c1. The van der Waals surface area contributed by atoms with Crippen LogP contribution in [0.3, 0.4) is 0 Å². The first-order valence-electron chi connectivity index (χ1n) is 9.87. The van der Waals surface area contributed by atoms with E-state index < -0.39 is 12.2 Å². The normalized spacial score (nSPS) is 19.6. The van der Waals surface area contributed by atoms with Crippen LogP contribution in [-0.4, -0.2) is 57.8 Å². The lowest BCUT2D eigenvalue weighted by atomic mass is 10.2. The van der Waals surface area contributed by atoms with E-state index in [-0.39, 0.29) is 5.82 Å². The number of nitrogens with zero attached hydrogens (tertiary/aromatic N) is 3. The molecule has 30 heavy (non-hydrogen) atoms. The van der Waals surface area contributed by atoms with Crippen molar-refractivity contribution < 1.29 is 18.7 Å². The third-order valence-electron chi connectivity index (χ3n) is 5.16. The fourth-order valence-electron chi connectivity index (χ4n) is 3.56. The predicted molar refractivity (Wildman–Crippen MR) is 116 cm³/mol. The first-order chi connectivity index (χ1) is 14.5. The van der Waals surface area contributed by atoms with Crippen molar-refractivity contribution in [1.29, 1.82) is 0 Å². The Labute approximate surface area is 179 Å². The van der Waals surface area contributed by atoms with E-state index in [9.17, 15) is 9.18 Å². The van der Waals surface area contributed by atoms with Gasteiger partial charge in [0.25, 0.3) is 0 Å². The van der Waals surface area contributed by atoms with Crippen molar-refractivity contribution >= 4 is 35.3 Å². The predicted octanol–water partition coefficient (Wildman–Crippen LogP) is 4.07. The second-order valence-corrected chi connectivity index (χ2v) is 7.78. The van der Waals surface area contributed by atoms with Crippen LogP contribution in [0.2, 0.25) is 5.02 Å². The van der Waals surface area contributed by atoms with Gasteiger partial charge in [0.05, 0.1) is 37.7 Å². The van der Waals surface area contributed by atoms with Crippen LogP contribution in [0.1, 0.15) is 11.1 Å². The summed E-state index contributed by atoms with van der Waals surface area (Å²) in [5.74, 6) is -0.363. The molecule has 0 spiro atoms. The Morgan fingerprint density at radius 3 is 2.77 bits per heavy atom. The maximum absolute atomic E-state index is 14.7. The summed E-state index contributed by atoms with van der Waals surface area (Å²) in [6.07, 6.45) is 0.775. The number of carbonyl (C=O) groups excluding carboxylic acids is 1. The third kappa shape index (κ3) is 4.57. The summed E-state index contributed by atoms with van der Waals surface area (Å²) >= 11 is 6.20. The molecule has 2 aliphatic heterocycles. The number of morpholine rings is 1. The van der Waals surface area contributed by atoms with Gasteiger partial charge >= 0.3 is 6.09 Å². The molecule has 2 saturated heterocycles. The van der Waals surface area contributed by atoms with Gasteiger partial charge in [-0.05, 0) is 36.8 Å². The molecule has 2 aromatic carbocycles. The van der Waals surface area contributed by atoms with E-state index in [1.54, 1.807) is 18.3 Å². The number of ether oxygens (including phenoxy) is 2. The minimum Gasteiger partial charge on any atom is -0.442 e. The summed E-state index contributed by atoms with van der Waals surface area (Å²) in [6.45, 7) is 5.04. The molecule has 2 fully saturated rings. The van der Waals surface area contributed by atoms with Crippen LogP contribution in [0.15, 0.2) is 41.4 Å². The zero-order valence-electron chi connectivity index (χ0n) is 16.7. The standard InChI is InChI=1S/C22H23ClFN3O3/c1-15-2-3-16(19(23)10-15)12-25-13-18-14-27(22(28)30-18)17-4-5-21(20(24)11-17)26-6-8-29-9-7-26/h2-5,10-12,18H,6-9,13-14H2,1H3. The minimum atomic E-state index is -0.498. The summed E-state index contributed by atoms with van der Waals surface area (Å²) in [6, 6.07) is 10.5. The number of aryl methyl sites for hydroxylation is 1. The van der Waals surface area contributed by atoms with Crippen molar-refractivity contribution in [2.45, 2.75) is 13.0 Å². The summed E-state index contributed by atoms with van der Waals surface area (Å²) < 4.78 is 25.4. The molecular weight excluding hydrogens is 409 g/mol. The van der Waals surface area contributed by atoms with Gasteiger partial charge in [-0.1, -0.05) is 23.7 Å². The largest absolute Gasteiger partial charge is 0.442 e. The topological polar surface area (TPSA) is 54.4 Å². The number of hydrogen-bond donors (Lipinski definition) is 0. The molecule has 2 aliphatic rings. The second-order valence-electron chi connectivity index (χ2n) is 7.37. The Kier molecular flexibility index (Phi) is 6.20. The highest BCUT2D eigenvalue weighted by Crippen LogP contribution is 2.28. The van der Waals surface area contributed by atoms with Gasteiger partial charge in [-0.2, -0.15) is 0 Å². The molecule has 8 heteroatoms. The van der Waals surface area contributed by atoms with E-state index in [0.717, 1.165) is 11.1 Å². The molecule has 1 unspecified atom stereocenters. The molecule has 4 rings (SSSR count). The number of carbonyl (C=O) groups is 1. The first-order valence-corrected chi connectivity index (χ1v) is 10.3. The molecule has 0 bridgehead atoms. The zero-order chi connectivity index (χ0) is 21.1. The highest BCUT2D eigenvalue weighted by molar-refractivity contribution is 6.33. The molecule has 1 amide bonds. The van der Waals surface area contributed by atoms with E-state index in [4.69, 9.17) is 21.1 Å². The monoisotopic (exact) mass is 431 g/mol. The number of amides is 1. The van der Waals surface area contributed by atoms with E-state index in [1.807, 2.05) is 30.0 Å². The average Bonchev–Trinajstić information content (AvgIpc) is 3.10. The quantitative estimate of drug-likeness (QED) is 0.670. The van der Waals surface area contributed by atoms with Crippen LogP contribution in [0.5, 0.6) is 0 Å². The van der Waals surface area contributed by atoms with E-state index >= 15 is 0 Å². The van der Waals surface area contributed by atoms with Gasteiger partial charge in [0, 0.05) is 29.9 Å². The number of aliphatic imine (C=N–C) groups is 1. The van der Waals surface area contributed by atoms with Crippen molar-refractivity contribution in [2.75, 3.05) is 49.2 Å². The van der Waals surface area contributed by atoms with Gasteiger partial charge in [0.2, 0.25) is 0 Å². The lowest BCUT2D eigenvalue weighted by Crippen LogP contribution is -2.36. The maximum Gasteiger partial charge on any atom is 0.414 e. The number of anilines is 2. The van der Waals surface area contributed by atoms with Crippen LogP contribution in [0.4, 0.5) is 20.6 Å². The van der Waals surface area contributed by atoms with Crippen molar-refractivity contribution in [3.8, 4) is 0 Å². The highest BCUT2D eigenvalue weighted by atomic mass is 35.5. The van der Waals surface area contributed by atoms with Gasteiger partial charge in [-0.25, -0.2) is 9.18 Å². The summed E-state index contributed by atoms with van der Waals surface area (Å²) in [7, 11) is 0. The number of cyclic esters (lactones) is 1. The summed E-state index contributed by atoms with van der Waals surface area (Å²) in [5, 5.41) is 0.625. The average molecular weight is 432 g/mol. The van der Waals surface area contributed by atoms with Gasteiger partial charge < -0.3 is 14.4 Å². The van der Waals surface area contributed by atoms with Crippen molar-refractivity contribution in [1.82, 2.24) is 0 Å². The van der Waals surface area contributed by atoms with Crippen LogP contribution < -0.4 is 9.80 Å². The van der Waals surface area contributed by atoms with Crippen molar-refractivity contribution in [2.24, 2.45) is 4.99 Å². The molecule has 0 radical (unpaired) electrons. The van der Waals surface area contributed by atoms with Gasteiger partial charge in [-0.3, -0.25) is 9.89 Å². The van der Waals surface area contributed by atoms with Gasteiger partial charge in [-0.15, -0.1) is 0 Å².